The minimum Gasteiger partial charge on any atom is -0.390 e. The van der Waals surface area contributed by atoms with Crippen molar-refractivity contribution in [1.82, 2.24) is 4.90 Å². The summed E-state index contributed by atoms with van der Waals surface area (Å²) in [6, 6.07) is 0. The lowest BCUT2D eigenvalue weighted by molar-refractivity contribution is -0.00810. The SMILES string of the molecule is CCC(CBr)CN1CCC(C)(O)CC1. The summed E-state index contributed by atoms with van der Waals surface area (Å²) in [7, 11) is 0. The van der Waals surface area contributed by atoms with Crippen molar-refractivity contribution in [2.45, 2.75) is 38.7 Å². The Labute approximate surface area is 95.8 Å². The van der Waals surface area contributed by atoms with Crippen molar-refractivity contribution in [1.29, 1.82) is 0 Å². The molecule has 0 saturated carbocycles. The number of alkyl halides is 1. The zero-order chi connectivity index (χ0) is 10.6. The van der Waals surface area contributed by atoms with Crippen LogP contribution >= 0.6 is 15.9 Å². The van der Waals surface area contributed by atoms with Gasteiger partial charge < -0.3 is 10.0 Å². The van der Waals surface area contributed by atoms with E-state index in [9.17, 15) is 5.11 Å². The van der Waals surface area contributed by atoms with E-state index in [1.54, 1.807) is 0 Å². The number of aliphatic hydroxyl groups is 1. The molecule has 0 aliphatic carbocycles. The highest BCUT2D eigenvalue weighted by molar-refractivity contribution is 9.09. The smallest absolute Gasteiger partial charge is 0.0644 e. The van der Waals surface area contributed by atoms with Gasteiger partial charge in [0, 0.05) is 25.0 Å². The molecular formula is C11H22BrNO. The van der Waals surface area contributed by atoms with Crippen LogP contribution in [-0.2, 0) is 0 Å². The third kappa shape index (κ3) is 3.87. The van der Waals surface area contributed by atoms with Crippen molar-refractivity contribution in [3.8, 4) is 0 Å². The second-order valence-corrected chi connectivity index (χ2v) is 5.37. The van der Waals surface area contributed by atoms with E-state index in [-0.39, 0.29) is 0 Å². The topological polar surface area (TPSA) is 23.5 Å². The number of hydrogen-bond donors (Lipinski definition) is 1. The average molecular weight is 264 g/mol. The molecule has 1 atom stereocenters. The van der Waals surface area contributed by atoms with Gasteiger partial charge in [-0.2, -0.15) is 0 Å². The fourth-order valence-electron chi connectivity index (χ4n) is 1.87. The first-order valence-electron chi connectivity index (χ1n) is 5.58. The molecular weight excluding hydrogens is 242 g/mol. The molecule has 1 saturated heterocycles. The molecule has 0 aromatic heterocycles. The summed E-state index contributed by atoms with van der Waals surface area (Å²) in [6.07, 6.45) is 3.08. The van der Waals surface area contributed by atoms with Crippen LogP contribution in [0.2, 0.25) is 0 Å². The molecule has 0 bridgehead atoms. The van der Waals surface area contributed by atoms with Crippen LogP contribution in [0.15, 0.2) is 0 Å². The van der Waals surface area contributed by atoms with Crippen LogP contribution < -0.4 is 0 Å². The van der Waals surface area contributed by atoms with E-state index in [1.807, 2.05) is 6.92 Å². The molecule has 3 heteroatoms. The Morgan fingerprint density at radius 2 is 2.00 bits per heavy atom. The van der Waals surface area contributed by atoms with Crippen molar-refractivity contribution in [2.75, 3.05) is 25.0 Å². The lowest BCUT2D eigenvalue weighted by Gasteiger charge is -2.37. The molecule has 1 aliphatic heterocycles. The maximum atomic E-state index is 9.80. The number of halogens is 1. The van der Waals surface area contributed by atoms with Crippen LogP contribution in [0.1, 0.15) is 33.1 Å². The van der Waals surface area contributed by atoms with Gasteiger partial charge in [0.25, 0.3) is 0 Å². The van der Waals surface area contributed by atoms with E-state index in [0.717, 1.165) is 37.2 Å². The Morgan fingerprint density at radius 1 is 1.43 bits per heavy atom. The summed E-state index contributed by atoms with van der Waals surface area (Å²) in [6.45, 7) is 7.48. The van der Waals surface area contributed by atoms with Crippen molar-refractivity contribution in [3.05, 3.63) is 0 Å². The molecule has 2 nitrogen and oxygen atoms in total. The van der Waals surface area contributed by atoms with E-state index in [4.69, 9.17) is 0 Å². The summed E-state index contributed by atoms with van der Waals surface area (Å²) in [5.74, 6) is 0.762. The predicted molar refractivity (Wildman–Crippen MR) is 63.9 cm³/mol. The third-order valence-electron chi connectivity index (χ3n) is 3.25. The molecule has 1 heterocycles. The molecule has 1 aliphatic rings. The summed E-state index contributed by atoms with van der Waals surface area (Å²) >= 11 is 3.55. The lowest BCUT2D eigenvalue weighted by atomic mass is 9.93. The summed E-state index contributed by atoms with van der Waals surface area (Å²) < 4.78 is 0. The standard InChI is InChI=1S/C11H22BrNO/c1-3-10(8-12)9-13-6-4-11(2,14)5-7-13/h10,14H,3-9H2,1-2H3. The van der Waals surface area contributed by atoms with Crippen LogP contribution in [0.25, 0.3) is 0 Å². The second-order valence-electron chi connectivity index (χ2n) is 4.73. The van der Waals surface area contributed by atoms with Crippen LogP contribution in [0.3, 0.4) is 0 Å². The number of piperidine rings is 1. The van der Waals surface area contributed by atoms with Gasteiger partial charge in [-0.05, 0) is 25.7 Å². The van der Waals surface area contributed by atoms with Gasteiger partial charge in [-0.1, -0.05) is 29.3 Å². The molecule has 0 amide bonds. The molecule has 0 aromatic rings. The Balaban J connectivity index is 2.28. The monoisotopic (exact) mass is 263 g/mol. The van der Waals surface area contributed by atoms with Gasteiger partial charge in [0.05, 0.1) is 5.60 Å². The van der Waals surface area contributed by atoms with Gasteiger partial charge in [-0.15, -0.1) is 0 Å². The first-order valence-corrected chi connectivity index (χ1v) is 6.70. The van der Waals surface area contributed by atoms with Crippen molar-refractivity contribution >= 4 is 15.9 Å². The number of likely N-dealkylation sites (tertiary alicyclic amines) is 1. The third-order valence-corrected chi connectivity index (χ3v) is 4.16. The molecule has 1 fully saturated rings. The largest absolute Gasteiger partial charge is 0.390 e. The molecule has 14 heavy (non-hydrogen) atoms. The molecule has 84 valence electrons. The van der Waals surface area contributed by atoms with Crippen molar-refractivity contribution in [3.63, 3.8) is 0 Å². The van der Waals surface area contributed by atoms with Gasteiger partial charge in [0.1, 0.15) is 0 Å². The van der Waals surface area contributed by atoms with Crippen molar-refractivity contribution in [2.24, 2.45) is 5.92 Å². The minimum absolute atomic E-state index is 0.410. The number of rotatable bonds is 4. The highest BCUT2D eigenvalue weighted by Gasteiger charge is 2.27. The lowest BCUT2D eigenvalue weighted by Crippen LogP contribution is -2.44. The fourth-order valence-corrected chi connectivity index (χ4v) is 2.53. The molecule has 1 unspecified atom stereocenters. The van der Waals surface area contributed by atoms with E-state index >= 15 is 0 Å². The normalized spacial score (nSPS) is 24.9. The summed E-state index contributed by atoms with van der Waals surface area (Å²) in [4.78, 5) is 2.48. The maximum absolute atomic E-state index is 9.80. The first-order chi connectivity index (χ1) is 6.57. The minimum atomic E-state index is -0.410. The fraction of sp³-hybridized carbons (Fsp3) is 1.00. The van der Waals surface area contributed by atoms with Gasteiger partial charge in [-0.25, -0.2) is 0 Å². The summed E-state index contributed by atoms with van der Waals surface area (Å²) in [5, 5.41) is 10.9. The number of nitrogens with zero attached hydrogens (tertiary/aromatic N) is 1. The zero-order valence-corrected chi connectivity index (χ0v) is 10.9. The maximum Gasteiger partial charge on any atom is 0.0644 e. The average Bonchev–Trinajstić information content (AvgIpc) is 2.16. The molecule has 0 spiro atoms. The quantitative estimate of drug-likeness (QED) is 0.787. The Kier molecular flexibility index (Phi) is 4.88. The second kappa shape index (κ2) is 5.47. The predicted octanol–water partition coefficient (Wildman–Crippen LogP) is 2.25. The van der Waals surface area contributed by atoms with Crippen LogP contribution in [0.5, 0.6) is 0 Å². The molecule has 1 N–H and O–H groups in total. The Morgan fingerprint density at radius 3 is 2.43 bits per heavy atom. The number of hydrogen-bond acceptors (Lipinski definition) is 2. The van der Waals surface area contributed by atoms with Crippen LogP contribution in [-0.4, -0.2) is 40.6 Å². The zero-order valence-electron chi connectivity index (χ0n) is 9.30. The molecule has 0 radical (unpaired) electrons. The first kappa shape index (κ1) is 12.5. The Bertz CT molecular complexity index is 159. The highest BCUT2D eigenvalue weighted by atomic mass is 79.9. The molecule has 1 rings (SSSR count). The van der Waals surface area contributed by atoms with E-state index in [2.05, 4.69) is 27.8 Å². The summed E-state index contributed by atoms with van der Waals surface area (Å²) in [5.41, 5.74) is -0.410. The van der Waals surface area contributed by atoms with Gasteiger partial charge in [0.15, 0.2) is 0 Å². The van der Waals surface area contributed by atoms with Gasteiger partial charge >= 0.3 is 0 Å². The van der Waals surface area contributed by atoms with Gasteiger partial charge in [-0.3, -0.25) is 0 Å². The molecule has 0 aromatic carbocycles. The Hall–Kier alpha value is 0.400. The van der Waals surface area contributed by atoms with Crippen molar-refractivity contribution < 1.29 is 5.11 Å². The van der Waals surface area contributed by atoms with Crippen LogP contribution in [0, 0.1) is 5.92 Å². The highest BCUT2D eigenvalue weighted by Crippen LogP contribution is 2.22. The van der Waals surface area contributed by atoms with E-state index < -0.39 is 5.60 Å². The van der Waals surface area contributed by atoms with Gasteiger partial charge in [0.2, 0.25) is 0 Å². The van der Waals surface area contributed by atoms with Crippen LogP contribution in [0.4, 0.5) is 0 Å². The van der Waals surface area contributed by atoms with E-state index in [0.29, 0.717) is 0 Å². The van der Waals surface area contributed by atoms with E-state index in [1.165, 1.54) is 13.0 Å².